The summed E-state index contributed by atoms with van der Waals surface area (Å²) in [5.74, 6) is 0. The molecule has 1 fully saturated rings. The summed E-state index contributed by atoms with van der Waals surface area (Å²) in [6.07, 6.45) is -1.38. The summed E-state index contributed by atoms with van der Waals surface area (Å²) in [5, 5.41) is 10.3. The lowest BCUT2D eigenvalue weighted by molar-refractivity contribution is -0.140. The first kappa shape index (κ1) is 12.6. The Morgan fingerprint density at radius 3 is 2.59 bits per heavy atom. The Kier molecular flexibility index (Phi) is 3.58. The van der Waals surface area contributed by atoms with Crippen molar-refractivity contribution in [3.8, 4) is 0 Å². The van der Waals surface area contributed by atoms with Crippen LogP contribution in [-0.2, 0) is 6.18 Å². The molecule has 0 atom stereocenters. The van der Waals surface area contributed by atoms with Gasteiger partial charge in [0, 0.05) is 18.0 Å². The number of rotatable bonds is 4. The number of aliphatic hydroxyl groups excluding tert-OH is 1. The molecule has 0 spiro atoms. The molecule has 7 heteroatoms. The Morgan fingerprint density at radius 1 is 1.47 bits per heavy atom. The Labute approximate surface area is 101 Å². The molecule has 1 saturated carbocycles. The van der Waals surface area contributed by atoms with Crippen LogP contribution in [0, 0.1) is 0 Å². The molecule has 1 aliphatic carbocycles. The van der Waals surface area contributed by atoms with Crippen molar-refractivity contribution in [3.63, 3.8) is 0 Å². The van der Waals surface area contributed by atoms with Crippen molar-refractivity contribution in [1.29, 1.82) is 0 Å². The van der Waals surface area contributed by atoms with Crippen molar-refractivity contribution in [2.24, 2.45) is 0 Å². The number of anilines is 1. The van der Waals surface area contributed by atoms with Gasteiger partial charge in [-0.1, -0.05) is 0 Å². The number of halogens is 3. The van der Waals surface area contributed by atoms with Crippen LogP contribution in [0.2, 0.25) is 0 Å². The molecule has 0 aromatic carbocycles. The van der Waals surface area contributed by atoms with Gasteiger partial charge < -0.3 is 10.0 Å². The maximum atomic E-state index is 12.4. The zero-order valence-electron chi connectivity index (χ0n) is 9.07. The summed E-state index contributed by atoms with van der Waals surface area (Å²) >= 11 is 0.986. The highest BCUT2D eigenvalue weighted by atomic mass is 32.1. The predicted octanol–water partition coefficient (Wildman–Crippen LogP) is 2.51. The minimum Gasteiger partial charge on any atom is -0.395 e. The Hall–Kier alpha value is -0.820. The largest absolute Gasteiger partial charge is 0.434 e. The van der Waals surface area contributed by atoms with Crippen LogP contribution in [0.5, 0.6) is 0 Å². The highest BCUT2D eigenvalue weighted by Crippen LogP contribution is 2.36. The molecule has 1 aliphatic rings. The summed E-state index contributed by atoms with van der Waals surface area (Å²) in [6.45, 7) is 0.271. The lowest BCUT2D eigenvalue weighted by Crippen LogP contribution is -2.42. The maximum absolute atomic E-state index is 12.4. The van der Waals surface area contributed by atoms with E-state index in [4.69, 9.17) is 5.11 Å². The standard InChI is InChI=1S/C10H13F3N2OS/c11-10(12,13)8-6-17-9(14-8)15(4-5-16)7-2-1-3-7/h6-7,16H,1-5H2. The van der Waals surface area contributed by atoms with E-state index in [0.717, 1.165) is 36.0 Å². The second kappa shape index (κ2) is 4.81. The van der Waals surface area contributed by atoms with Gasteiger partial charge in [-0.15, -0.1) is 11.3 Å². The van der Waals surface area contributed by atoms with Gasteiger partial charge in [0.05, 0.1) is 6.61 Å². The highest BCUT2D eigenvalue weighted by molar-refractivity contribution is 7.13. The predicted molar refractivity (Wildman–Crippen MR) is 59.2 cm³/mol. The first-order valence-corrected chi connectivity index (χ1v) is 6.30. The minimum atomic E-state index is -4.39. The van der Waals surface area contributed by atoms with Gasteiger partial charge in [-0.05, 0) is 19.3 Å². The molecule has 1 heterocycles. The van der Waals surface area contributed by atoms with E-state index in [-0.39, 0.29) is 12.6 Å². The zero-order valence-corrected chi connectivity index (χ0v) is 9.89. The summed E-state index contributed by atoms with van der Waals surface area (Å²) < 4.78 is 37.3. The summed E-state index contributed by atoms with van der Waals surface area (Å²) in [4.78, 5) is 5.39. The van der Waals surface area contributed by atoms with E-state index in [2.05, 4.69) is 4.98 Å². The summed E-state index contributed by atoms with van der Waals surface area (Å²) in [6, 6.07) is 0.231. The second-order valence-corrected chi connectivity index (χ2v) is 4.85. The Morgan fingerprint density at radius 2 is 2.18 bits per heavy atom. The monoisotopic (exact) mass is 266 g/mol. The molecule has 0 aliphatic heterocycles. The Bertz CT molecular complexity index is 376. The number of hydrogen-bond acceptors (Lipinski definition) is 4. The first-order chi connectivity index (χ1) is 8.02. The van der Waals surface area contributed by atoms with Crippen LogP contribution in [0.3, 0.4) is 0 Å². The molecular weight excluding hydrogens is 253 g/mol. The van der Waals surface area contributed by atoms with Gasteiger partial charge in [0.1, 0.15) is 0 Å². The quantitative estimate of drug-likeness (QED) is 0.909. The van der Waals surface area contributed by atoms with E-state index < -0.39 is 11.9 Å². The van der Waals surface area contributed by atoms with E-state index >= 15 is 0 Å². The lowest BCUT2D eigenvalue weighted by Gasteiger charge is -2.37. The van der Waals surface area contributed by atoms with Gasteiger partial charge in [0.25, 0.3) is 0 Å². The maximum Gasteiger partial charge on any atom is 0.434 e. The van der Waals surface area contributed by atoms with Crippen molar-refractivity contribution in [2.75, 3.05) is 18.1 Å². The van der Waals surface area contributed by atoms with Gasteiger partial charge in [0.15, 0.2) is 10.8 Å². The van der Waals surface area contributed by atoms with Crippen LogP contribution in [-0.4, -0.2) is 29.3 Å². The van der Waals surface area contributed by atoms with Crippen LogP contribution in [0.4, 0.5) is 18.3 Å². The lowest BCUT2D eigenvalue weighted by atomic mass is 9.92. The van der Waals surface area contributed by atoms with Crippen molar-refractivity contribution < 1.29 is 18.3 Å². The van der Waals surface area contributed by atoms with Gasteiger partial charge in [0.2, 0.25) is 0 Å². The zero-order chi connectivity index (χ0) is 12.5. The molecule has 96 valence electrons. The van der Waals surface area contributed by atoms with Crippen molar-refractivity contribution >= 4 is 16.5 Å². The third-order valence-corrected chi connectivity index (χ3v) is 3.76. The number of aromatic nitrogens is 1. The van der Waals surface area contributed by atoms with E-state index in [9.17, 15) is 13.2 Å². The van der Waals surface area contributed by atoms with E-state index in [1.807, 2.05) is 0 Å². The smallest absolute Gasteiger partial charge is 0.395 e. The molecule has 0 bridgehead atoms. The average molecular weight is 266 g/mol. The number of thiazole rings is 1. The van der Waals surface area contributed by atoms with Crippen molar-refractivity contribution in [1.82, 2.24) is 4.98 Å². The topological polar surface area (TPSA) is 36.4 Å². The fraction of sp³-hybridized carbons (Fsp3) is 0.700. The Balaban J connectivity index is 2.15. The molecule has 2 rings (SSSR count). The SMILES string of the molecule is OCCN(c1nc(C(F)(F)F)cs1)C1CCC1. The fourth-order valence-corrected chi connectivity index (χ4v) is 2.70. The van der Waals surface area contributed by atoms with E-state index in [0.29, 0.717) is 11.7 Å². The number of hydrogen-bond donors (Lipinski definition) is 1. The van der Waals surface area contributed by atoms with Gasteiger partial charge in [-0.2, -0.15) is 13.2 Å². The van der Waals surface area contributed by atoms with Crippen LogP contribution in [0.15, 0.2) is 5.38 Å². The summed E-state index contributed by atoms with van der Waals surface area (Å²) in [5.41, 5.74) is -0.847. The number of nitrogens with zero attached hydrogens (tertiary/aromatic N) is 2. The third kappa shape index (κ3) is 2.71. The van der Waals surface area contributed by atoms with Gasteiger partial charge in [-0.3, -0.25) is 0 Å². The van der Waals surface area contributed by atoms with Crippen molar-refractivity contribution in [3.05, 3.63) is 11.1 Å². The molecule has 1 aromatic rings. The highest BCUT2D eigenvalue weighted by Gasteiger charge is 2.35. The van der Waals surface area contributed by atoms with Crippen LogP contribution in [0.1, 0.15) is 25.0 Å². The molecule has 17 heavy (non-hydrogen) atoms. The minimum absolute atomic E-state index is 0.0720. The fourth-order valence-electron chi connectivity index (χ4n) is 1.77. The van der Waals surface area contributed by atoms with Crippen LogP contribution >= 0.6 is 11.3 Å². The number of alkyl halides is 3. The first-order valence-electron chi connectivity index (χ1n) is 5.42. The van der Waals surface area contributed by atoms with E-state index in [1.165, 1.54) is 0 Å². The number of aliphatic hydroxyl groups is 1. The van der Waals surface area contributed by atoms with Gasteiger partial charge >= 0.3 is 6.18 Å². The molecule has 0 radical (unpaired) electrons. The molecule has 3 nitrogen and oxygen atoms in total. The molecule has 1 N–H and O–H groups in total. The van der Waals surface area contributed by atoms with Crippen molar-refractivity contribution in [2.45, 2.75) is 31.5 Å². The van der Waals surface area contributed by atoms with Crippen LogP contribution < -0.4 is 4.90 Å². The van der Waals surface area contributed by atoms with Gasteiger partial charge in [-0.25, -0.2) is 4.98 Å². The molecule has 0 saturated heterocycles. The second-order valence-electron chi connectivity index (χ2n) is 4.01. The molecule has 0 unspecified atom stereocenters. The molecular formula is C10H13F3N2OS. The van der Waals surface area contributed by atoms with Crippen LogP contribution in [0.25, 0.3) is 0 Å². The summed E-state index contributed by atoms with van der Waals surface area (Å²) in [7, 11) is 0. The van der Waals surface area contributed by atoms with E-state index in [1.54, 1.807) is 4.90 Å². The average Bonchev–Trinajstić information content (AvgIpc) is 2.61. The molecule has 0 amide bonds. The third-order valence-electron chi connectivity index (χ3n) is 2.88. The normalized spacial score (nSPS) is 16.9. The molecule has 1 aromatic heterocycles.